The third-order valence-corrected chi connectivity index (χ3v) is 18.2. The Morgan fingerprint density at radius 1 is 0.194 bits per heavy atom. The van der Waals surface area contributed by atoms with Crippen molar-refractivity contribution in [2.24, 2.45) is 0 Å². The van der Waals surface area contributed by atoms with Crippen molar-refractivity contribution in [1.82, 2.24) is 29.9 Å². The van der Waals surface area contributed by atoms with Gasteiger partial charge in [0, 0.05) is 33.4 Å². The van der Waals surface area contributed by atoms with E-state index in [4.69, 9.17) is 29.9 Å². The van der Waals surface area contributed by atoms with Crippen LogP contribution in [0.25, 0.3) is 67.6 Å². The zero-order valence-electron chi connectivity index (χ0n) is 46.5. The lowest BCUT2D eigenvalue weighted by Crippen LogP contribution is -2.20. The summed E-state index contributed by atoms with van der Waals surface area (Å²) in [6, 6.07) is 38.5. The second-order valence-electron chi connectivity index (χ2n) is 26.0. The first-order valence-corrected chi connectivity index (χ1v) is 47.1. The first-order chi connectivity index (χ1) is 33.4. The average Bonchev–Trinajstić information content (AvgIpc) is 3.28. The Morgan fingerprint density at radius 2 is 0.306 bits per heavy atom. The van der Waals surface area contributed by atoms with E-state index in [1.54, 1.807) is 0 Å². The molecule has 6 aromatic heterocycles. The summed E-state index contributed by atoms with van der Waals surface area (Å²) in [5, 5.41) is 0. The average molecular weight is 1050 g/mol. The minimum Gasteiger partial charge on any atom is -0.246 e. The fourth-order valence-electron chi connectivity index (χ4n) is 8.70. The van der Waals surface area contributed by atoms with Crippen molar-refractivity contribution in [2.45, 2.75) is 118 Å². The van der Waals surface area contributed by atoms with E-state index in [0.29, 0.717) is 0 Å². The van der Waals surface area contributed by atoms with Crippen LogP contribution in [-0.2, 0) is 0 Å². The van der Waals surface area contributed by atoms with Crippen LogP contribution in [0.5, 0.6) is 0 Å². The molecule has 0 radical (unpaired) electrons. The first kappa shape index (κ1) is 54.4. The molecule has 0 amide bonds. The van der Waals surface area contributed by atoms with Crippen LogP contribution in [0.2, 0.25) is 118 Å². The summed E-state index contributed by atoms with van der Waals surface area (Å²) in [5.41, 5.74) is 32.3. The Kier molecular flexibility index (Phi) is 15.8. The molecule has 1 aliphatic rings. The predicted octanol–water partition coefficient (Wildman–Crippen LogP) is 17.0. The number of pyridine rings is 6. The summed E-state index contributed by atoms with van der Waals surface area (Å²) in [6.07, 6.45) is 0. The van der Waals surface area contributed by atoms with Gasteiger partial charge in [-0.2, -0.15) is 0 Å². The SMILES string of the molecule is C[Si](C)(C)/C=C1/C(=C/[Si](C)(C)C)c2cccc(n2)-c2cccc(n2)C(=C\[Si](C)(C)C)/C(=C/[Si](C)(C)C)c2cccc(n2)-c2cccc(n2)C(=C\[Si](C)(C)C)/C(=C/[Si](C)(C)C)c2cccc(n2)-c2cccc1n2. The van der Waals surface area contributed by atoms with E-state index in [-0.39, 0.29) is 0 Å². The summed E-state index contributed by atoms with van der Waals surface area (Å²) in [5.74, 6) is 0. The van der Waals surface area contributed by atoms with Crippen molar-refractivity contribution >= 4 is 81.9 Å². The lowest BCUT2D eigenvalue weighted by Gasteiger charge is -2.22. The minimum absolute atomic E-state index is 0.833. The maximum Gasteiger partial charge on any atom is 0.0893 e. The third kappa shape index (κ3) is 14.9. The zero-order chi connectivity index (χ0) is 52.6. The standard InChI is InChI=1S/C60H78N6Si6/c1-67(2,3)37-43-44(38-68(4,5)6)50-26-20-32-57(62-50)58-34-22-28-52(64-58)47(41-71(13,14)15)48(42-72(16,17)18)54-30-24-36-60(66-54)59-35-23-29-53(65-59)46(40-70(10,11)12)45(39-69(7,8)9)51-27-21-33-56(63-51)55-31-19-25-49(43)61-55/h19-42H,1-18H3/b43-37-,44-38-,45-39-,46-40-,47-41-,48-42-. The Balaban J connectivity index is 1.62. The highest BCUT2D eigenvalue weighted by Gasteiger charge is 2.27. The maximum absolute atomic E-state index is 5.55. The summed E-state index contributed by atoms with van der Waals surface area (Å²) < 4.78 is 0. The molecule has 7 heterocycles. The zero-order valence-corrected chi connectivity index (χ0v) is 52.5. The molecule has 1 aliphatic heterocycles. The monoisotopic (exact) mass is 1050 g/mol. The summed E-state index contributed by atoms with van der Waals surface area (Å²) >= 11 is 0. The van der Waals surface area contributed by atoms with E-state index in [0.717, 1.165) is 102 Å². The van der Waals surface area contributed by atoms with E-state index in [1.807, 2.05) is 0 Å². The molecule has 0 aliphatic carbocycles. The Hall–Kier alpha value is -5.36. The summed E-state index contributed by atoms with van der Waals surface area (Å²) in [7, 11) is -11.2. The van der Waals surface area contributed by atoms with E-state index in [1.165, 1.54) is 0 Å². The highest BCUT2D eigenvalue weighted by atomic mass is 28.3. The van der Waals surface area contributed by atoms with Gasteiger partial charge in [-0.15, -0.1) is 0 Å². The number of allylic oxidation sites excluding steroid dienone is 6. The normalized spacial score (nSPS) is 17.8. The van der Waals surface area contributed by atoms with Gasteiger partial charge in [0.05, 0.1) is 117 Å². The Morgan fingerprint density at radius 3 is 0.417 bits per heavy atom. The molecule has 0 aromatic carbocycles. The van der Waals surface area contributed by atoms with Gasteiger partial charge in [0.1, 0.15) is 0 Å². The Bertz CT molecular complexity index is 2640. The van der Waals surface area contributed by atoms with E-state index >= 15 is 0 Å². The highest BCUT2D eigenvalue weighted by Crippen LogP contribution is 2.39. The van der Waals surface area contributed by atoms with Crippen LogP contribution in [0.1, 0.15) is 34.2 Å². The highest BCUT2D eigenvalue weighted by molar-refractivity contribution is 6.85. The fourth-order valence-corrected chi connectivity index (χ4v) is 15.7. The largest absolute Gasteiger partial charge is 0.246 e. The predicted molar refractivity (Wildman–Crippen MR) is 330 cm³/mol. The minimum atomic E-state index is -1.86. The van der Waals surface area contributed by atoms with Gasteiger partial charge in [0.25, 0.3) is 0 Å². The summed E-state index contributed by atoms with van der Waals surface area (Å²) in [4.78, 5) is 33.3. The molecule has 72 heavy (non-hydrogen) atoms. The van der Waals surface area contributed by atoms with Gasteiger partial charge in [-0.1, -0.05) is 188 Å². The topological polar surface area (TPSA) is 77.3 Å². The molecule has 6 aromatic rings. The van der Waals surface area contributed by atoms with Gasteiger partial charge in [-0.25, -0.2) is 29.9 Å². The molecule has 0 atom stereocenters. The molecule has 6 nitrogen and oxygen atoms in total. The van der Waals surface area contributed by atoms with Crippen molar-refractivity contribution in [3.8, 4) is 34.2 Å². The molecule has 0 saturated heterocycles. The van der Waals surface area contributed by atoms with Crippen molar-refractivity contribution in [3.63, 3.8) is 0 Å². The van der Waals surface area contributed by atoms with Crippen LogP contribution in [0, 0.1) is 0 Å². The van der Waals surface area contributed by atoms with Crippen LogP contribution in [0.4, 0.5) is 0 Å². The number of rotatable bonds is 6. The smallest absolute Gasteiger partial charge is 0.0893 e. The van der Waals surface area contributed by atoms with Crippen molar-refractivity contribution in [2.75, 3.05) is 0 Å². The molecule has 0 saturated carbocycles. The number of nitrogens with zero attached hydrogens (tertiary/aromatic N) is 6. The van der Waals surface area contributed by atoms with Gasteiger partial charge in [0.2, 0.25) is 0 Å². The number of hydrogen-bond acceptors (Lipinski definition) is 6. The molecule has 372 valence electrons. The molecule has 0 N–H and O–H groups in total. The lowest BCUT2D eigenvalue weighted by atomic mass is 9.99. The van der Waals surface area contributed by atoms with E-state index < -0.39 is 48.4 Å². The van der Waals surface area contributed by atoms with E-state index in [9.17, 15) is 0 Å². The maximum atomic E-state index is 5.55. The number of hydrogen-bond donors (Lipinski definition) is 0. The van der Waals surface area contributed by atoms with Gasteiger partial charge < -0.3 is 0 Å². The third-order valence-electron chi connectivity index (χ3n) is 11.3. The Labute approximate surface area is 438 Å². The van der Waals surface area contributed by atoms with E-state index in [2.05, 4.69) is 261 Å². The molecule has 0 spiro atoms. The van der Waals surface area contributed by atoms with Crippen LogP contribution in [0.15, 0.2) is 143 Å². The molecule has 7 rings (SSSR count). The first-order valence-electron chi connectivity index (χ1n) is 25.6. The fraction of sp³-hybridized carbons (Fsp3) is 0.300. The quantitative estimate of drug-likeness (QED) is 0.155. The molecular formula is C60H78N6Si6. The van der Waals surface area contributed by atoms with Crippen LogP contribution >= 0.6 is 0 Å². The number of fused-ring (bicyclic) bond motifs is 15. The van der Waals surface area contributed by atoms with Gasteiger partial charge in [-0.05, 0) is 72.8 Å². The second-order valence-corrected chi connectivity index (χ2v) is 56.1. The van der Waals surface area contributed by atoms with Crippen molar-refractivity contribution in [3.05, 3.63) is 178 Å². The molecule has 0 fully saturated rings. The molecular weight excluding hydrogens is 973 g/mol. The number of aromatic nitrogens is 6. The molecule has 12 bridgehead atoms. The second kappa shape index (κ2) is 20.9. The van der Waals surface area contributed by atoms with Gasteiger partial charge in [0.15, 0.2) is 0 Å². The van der Waals surface area contributed by atoms with Crippen molar-refractivity contribution < 1.29 is 0 Å². The van der Waals surface area contributed by atoms with Crippen LogP contribution < -0.4 is 0 Å². The lowest BCUT2D eigenvalue weighted by molar-refractivity contribution is 1.19. The van der Waals surface area contributed by atoms with Crippen LogP contribution in [-0.4, -0.2) is 78.3 Å². The van der Waals surface area contributed by atoms with Crippen LogP contribution in [0.3, 0.4) is 0 Å². The molecule has 12 heteroatoms. The molecule has 0 unspecified atom stereocenters. The summed E-state index contributed by atoms with van der Waals surface area (Å²) in [6.45, 7) is 43.2. The van der Waals surface area contributed by atoms with Gasteiger partial charge in [-0.3, -0.25) is 0 Å². The van der Waals surface area contributed by atoms with Crippen molar-refractivity contribution in [1.29, 1.82) is 0 Å². The van der Waals surface area contributed by atoms with Gasteiger partial charge >= 0.3 is 0 Å².